The summed E-state index contributed by atoms with van der Waals surface area (Å²) in [5.74, 6) is -9.85. The van der Waals surface area contributed by atoms with Crippen molar-refractivity contribution in [2.45, 2.75) is 69.7 Å². The first-order chi connectivity index (χ1) is 23.7. The summed E-state index contributed by atoms with van der Waals surface area (Å²) in [7, 11) is 2.88. The molecule has 0 heterocycles. The second-order valence-electron chi connectivity index (χ2n) is 14.9. The number of ether oxygens (including phenoxy) is 1. The number of amides is 3. The number of ketones is 4. The molecule has 9 N–H and O–H groups in total. The van der Waals surface area contributed by atoms with Gasteiger partial charge in [-0.3, -0.25) is 28.9 Å². The van der Waals surface area contributed by atoms with Crippen LogP contribution in [0.3, 0.4) is 0 Å². The fraction of sp³-hybridized carbons (Fsp3) is 0.472. The maximum Gasteiger partial charge on any atom is 0.315 e. The summed E-state index contributed by atoms with van der Waals surface area (Å²) in [6.07, 6.45) is -0.761. The highest BCUT2D eigenvalue weighted by molar-refractivity contribution is 6.33. The van der Waals surface area contributed by atoms with Crippen LogP contribution in [0, 0.1) is 28.6 Å². The molecule has 3 aliphatic rings. The topological polar surface area (TPSA) is 261 Å². The van der Waals surface area contributed by atoms with Gasteiger partial charge in [-0.15, -0.1) is 0 Å². The van der Waals surface area contributed by atoms with Gasteiger partial charge in [0, 0.05) is 23.2 Å². The van der Waals surface area contributed by atoms with Crippen LogP contribution in [0.25, 0.3) is 11.1 Å². The number of phenols is 1. The van der Waals surface area contributed by atoms with Crippen molar-refractivity contribution in [1.82, 2.24) is 15.5 Å². The number of hydrogen-bond acceptors (Lipinski definition) is 12. The van der Waals surface area contributed by atoms with Crippen LogP contribution in [0.2, 0.25) is 0 Å². The lowest BCUT2D eigenvalue weighted by atomic mass is 9.42. The molecule has 0 saturated heterocycles. The summed E-state index contributed by atoms with van der Waals surface area (Å²) < 4.78 is 5.81. The van der Waals surface area contributed by atoms with Gasteiger partial charge in [-0.05, 0) is 89.5 Å². The number of rotatable bonds is 7. The number of nitriles is 1. The predicted octanol–water partition coefficient (Wildman–Crippen LogP) is 0.472. The number of urea groups is 1. The Morgan fingerprint density at radius 2 is 1.76 bits per heavy atom. The maximum absolute atomic E-state index is 14.6. The van der Waals surface area contributed by atoms with Gasteiger partial charge in [-0.1, -0.05) is 12.1 Å². The highest BCUT2D eigenvalue weighted by atomic mass is 16.5. The Bertz CT molecular complexity index is 1930. The van der Waals surface area contributed by atoms with Gasteiger partial charge in [0.05, 0.1) is 29.8 Å². The van der Waals surface area contributed by atoms with E-state index in [1.165, 1.54) is 25.1 Å². The van der Waals surface area contributed by atoms with E-state index < -0.39 is 87.2 Å². The van der Waals surface area contributed by atoms with E-state index in [-0.39, 0.29) is 24.1 Å². The summed E-state index contributed by atoms with van der Waals surface area (Å²) in [5, 5.41) is 27.3. The van der Waals surface area contributed by atoms with E-state index in [4.69, 9.17) is 21.9 Å². The zero-order valence-corrected chi connectivity index (χ0v) is 29.4. The molecule has 2 aromatic rings. The van der Waals surface area contributed by atoms with Gasteiger partial charge in [0.15, 0.2) is 34.5 Å². The highest BCUT2D eigenvalue weighted by Gasteiger charge is 2.78. The molecule has 0 aliphatic heterocycles. The van der Waals surface area contributed by atoms with E-state index in [1.54, 1.807) is 30.3 Å². The van der Waals surface area contributed by atoms with Gasteiger partial charge in [0.2, 0.25) is 5.91 Å². The van der Waals surface area contributed by atoms with Crippen LogP contribution in [-0.4, -0.2) is 88.4 Å². The second-order valence-corrected chi connectivity index (χ2v) is 14.9. The van der Waals surface area contributed by atoms with Gasteiger partial charge in [-0.2, -0.15) is 5.26 Å². The minimum Gasteiger partial charge on any atom is -0.507 e. The smallest absolute Gasteiger partial charge is 0.315 e. The van der Waals surface area contributed by atoms with Crippen molar-refractivity contribution >= 4 is 35.1 Å². The van der Waals surface area contributed by atoms with Crippen LogP contribution in [0.4, 0.5) is 4.79 Å². The van der Waals surface area contributed by atoms with Gasteiger partial charge < -0.3 is 37.7 Å². The number of phenolic OH excluding ortho intramolecular Hbond substituents is 1. The van der Waals surface area contributed by atoms with E-state index in [0.29, 0.717) is 29.0 Å². The Kier molecular flexibility index (Phi) is 9.13. The molecule has 5 rings (SSSR count). The lowest BCUT2D eigenvalue weighted by Gasteiger charge is -2.60. The zero-order valence-electron chi connectivity index (χ0n) is 29.4. The third-order valence-corrected chi connectivity index (χ3v) is 10.1. The summed E-state index contributed by atoms with van der Waals surface area (Å²) >= 11 is 0. The molecule has 3 aliphatic carbocycles. The molecule has 0 radical (unpaired) electrons. The maximum atomic E-state index is 14.6. The SMILES string of the molecule is CCOc1ccc(-c2ccc(O)c3c2C[C@@]2(N)C[C@@]4(N)[C@H](N(C)C)C(=O)C(C(N)=O)C(=O)[C@@]4(C#N)C(=O)C2C3=O)cc1CNC(=O)NC(C)(C)C. The van der Waals surface area contributed by atoms with Crippen LogP contribution < -0.4 is 32.6 Å². The molecule has 0 aromatic heterocycles. The van der Waals surface area contributed by atoms with E-state index >= 15 is 0 Å². The molecule has 15 nitrogen and oxygen atoms in total. The standard InChI is InChI=1S/C36H43N7O8/c1-7-51-22-11-8-17(12-18(22)14-41-32(50)42-33(2,3)4)19-9-10-21(44)23-20(19)13-34(39)15-36(40)28(43(5)6)27(46)24(31(38)49)29(47)35(36,16-37)30(48)25(34)26(23)45/h8-12,24-25,28,44H,7,13-15,39-40H2,1-6H3,(H2,38,49)(H2,41,42,50)/t24?,25?,28-,34-,35+,36-/m1/s1. The Labute approximate surface area is 294 Å². The molecule has 51 heavy (non-hydrogen) atoms. The summed E-state index contributed by atoms with van der Waals surface area (Å²) in [4.78, 5) is 83.0. The average Bonchev–Trinajstić information content (AvgIpc) is 2.99. The van der Waals surface area contributed by atoms with Crippen molar-refractivity contribution in [1.29, 1.82) is 5.26 Å². The molecule has 2 fully saturated rings. The lowest BCUT2D eigenvalue weighted by molar-refractivity contribution is -0.166. The minimum absolute atomic E-state index is 0.0773. The first-order valence-corrected chi connectivity index (χ1v) is 16.5. The lowest BCUT2D eigenvalue weighted by Crippen LogP contribution is -2.85. The highest BCUT2D eigenvalue weighted by Crippen LogP contribution is 2.57. The summed E-state index contributed by atoms with van der Waals surface area (Å²) in [6.45, 7) is 7.77. The molecular weight excluding hydrogens is 658 g/mol. The number of fused-ring (bicyclic) bond motifs is 3. The molecule has 270 valence electrons. The first-order valence-electron chi connectivity index (χ1n) is 16.5. The van der Waals surface area contributed by atoms with Crippen molar-refractivity contribution in [3.63, 3.8) is 0 Å². The minimum atomic E-state index is -2.83. The number of aromatic hydroxyl groups is 1. The van der Waals surface area contributed by atoms with Crippen LogP contribution >= 0.6 is 0 Å². The Hall–Kier alpha value is -5.17. The number of nitrogens with zero attached hydrogens (tertiary/aromatic N) is 2. The van der Waals surface area contributed by atoms with Gasteiger partial charge >= 0.3 is 6.03 Å². The second kappa shape index (κ2) is 12.6. The van der Waals surface area contributed by atoms with E-state index in [9.17, 15) is 39.1 Å². The fourth-order valence-electron chi connectivity index (χ4n) is 8.22. The van der Waals surface area contributed by atoms with Crippen LogP contribution in [0.1, 0.15) is 55.6 Å². The molecular formula is C36H43N7O8. The van der Waals surface area contributed by atoms with Crippen LogP contribution in [0.5, 0.6) is 11.5 Å². The van der Waals surface area contributed by atoms with E-state index in [2.05, 4.69) is 10.6 Å². The molecule has 3 amide bonds. The Morgan fingerprint density at radius 1 is 1.10 bits per heavy atom. The summed E-state index contributed by atoms with van der Waals surface area (Å²) in [5.41, 5.74) is 13.6. The normalized spacial score (nSPS) is 28.7. The molecule has 2 aromatic carbocycles. The quantitative estimate of drug-likeness (QED) is 0.215. The van der Waals surface area contributed by atoms with E-state index in [0.717, 1.165) is 0 Å². The zero-order chi connectivity index (χ0) is 38.0. The number of hydrogen-bond donors (Lipinski definition) is 6. The number of benzene rings is 2. The summed E-state index contributed by atoms with van der Waals surface area (Å²) in [6, 6.07) is 7.86. The monoisotopic (exact) mass is 701 g/mol. The number of nitrogens with two attached hydrogens (primary N) is 3. The van der Waals surface area contributed by atoms with E-state index in [1.807, 2.05) is 27.7 Å². The van der Waals surface area contributed by atoms with Gasteiger partial charge in [-0.25, -0.2) is 4.79 Å². The van der Waals surface area contributed by atoms with Crippen molar-refractivity contribution in [2.24, 2.45) is 34.5 Å². The fourth-order valence-corrected chi connectivity index (χ4v) is 8.22. The number of nitrogens with one attached hydrogen (secondary N) is 2. The van der Waals surface area contributed by atoms with Crippen LogP contribution in [0.15, 0.2) is 30.3 Å². The molecule has 2 unspecified atom stereocenters. The van der Waals surface area contributed by atoms with Crippen LogP contribution in [-0.2, 0) is 32.1 Å². The van der Waals surface area contributed by atoms with Gasteiger partial charge in [0.25, 0.3) is 0 Å². The number of carbonyl (C=O) groups is 6. The number of primary amides is 1. The van der Waals surface area contributed by atoms with Crippen molar-refractivity contribution in [3.05, 3.63) is 47.0 Å². The third kappa shape index (κ3) is 5.63. The largest absolute Gasteiger partial charge is 0.507 e. The number of carbonyl (C=O) groups excluding carboxylic acids is 6. The predicted molar refractivity (Wildman–Crippen MR) is 183 cm³/mol. The number of Topliss-reactive ketones (excluding diaryl/α,β-unsaturated/α-hetero) is 4. The third-order valence-electron chi connectivity index (χ3n) is 10.1. The first kappa shape index (κ1) is 37.1. The molecule has 0 bridgehead atoms. The van der Waals surface area contributed by atoms with Crippen molar-refractivity contribution in [2.75, 3.05) is 20.7 Å². The molecule has 0 spiro atoms. The Morgan fingerprint density at radius 3 is 2.33 bits per heavy atom. The van der Waals surface area contributed by atoms with Crippen molar-refractivity contribution in [3.8, 4) is 28.7 Å². The molecule has 2 saturated carbocycles. The van der Waals surface area contributed by atoms with Crippen molar-refractivity contribution < 1.29 is 38.6 Å². The van der Waals surface area contributed by atoms with Gasteiger partial charge in [0.1, 0.15) is 17.4 Å². The number of likely N-dealkylation sites (N-methyl/N-ethyl adjacent to an activating group) is 1. The molecule has 6 atom stereocenters. The average molecular weight is 702 g/mol. The Balaban J connectivity index is 1.66. The molecule has 15 heteroatoms.